The zero-order chi connectivity index (χ0) is 25.1. The molecule has 0 aromatic heterocycles. The summed E-state index contributed by atoms with van der Waals surface area (Å²) in [4.78, 5) is 4.35. The van der Waals surface area contributed by atoms with E-state index in [1.807, 2.05) is 0 Å². The summed E-state index contributed by atoms with van der Waals surface area (Å²) in [5, 5.41) is 9.69. The smallest absolute Gasteiger partial charge is 0.378 e. The molecule has 2 aromatic carbocycles. The standard InChI is InChI=1S/C26H33F4N5O/c27-23-24(31-16-18-3-9-21(10-4-18)34-12-14-36-15-13-34)32-17-33-25(23)35-11-1-2-22(35)19-5-7-20(8-6-19)26(28,29)30/h3-10,22-25,31-33H,1-2,11-17H2. The number of alkyl halides is 4. The molecule has 10 heteroatoms. The molecule has 3 saturated heterocycles. The van der Waals surface area contributed by atoms with Crippen LogP contribution in [0.25, 0.3) is 0 Å². The molecular formula is C26H33F4N5O. The summed E-state index contributed by atoms with van der Waals surface area (Å²) < 4.78 is 60.0. The fourth-order valence-electron chi connectivity index (χ4n) is 5.41. The maximum atomic E-state index is 15.7. The van der Waals surface area contributed by atoms with Gasteiger partial charge in [-0.05, 0) is 48.2 Å². The molecule has 3 fully saturated rings. The number of likely N-dealkylation sites (tertiary alicyclic amines) is 1. The summed E-state index contributed by atoms with van der Waals surface area (Å²) >= 11 is 0. The Kier molecular flexibility index (Phi) is 7.78. The Morgan fingerprint density at radius 1 is 0.944 bits per heavy atom. The minimum atomic E-state index is -4.36. The second-order valence-electron chi connectivity index (χ2n) is 9.61. The van der Waals surface area contributed by atoms with Crippen molar-refractivity contribution < 1.29 is 22.3 Å². The Balaban J connectivity index is 1.19. The van der Waals surface area contributed by atoms with Gasteiger partial charge in [0.1, 0.15) is 0 Å². The van der Waals surface area contributed by atoms with Crippen LogP contribution in [0.2, 0.25) is 0 Å². The van der Waals surface area contributed by atoms with Gasteiger partial charge in [0.15, 0.2) is 6.17 Å². The summed E-state index contributed by atoms with van der Waals surface area (Å²) in [6, 6.07) is 13.5. The van der Waals surface area contributed by atoms with Gasteiger partial charge in [-0.1, -0.05) is 24.3 Å². The number of ether oxygens (including phenoxy) is 1. The van der Waals surface area contributed by atoms with Crippen LogP contribution in [-0.2, 0) is 17.5 Å². The van der Waals surface area contributed by atoms with Crippen molar-refractivity contribution >= 4 is 5.69 Å². The van der Waals surface area contributed by atoms with E-state index in [9.17, 15) is 13.2 Å². The number of benzene rings is 2. The first-order chi connectivity index (χ1) is 17.4. The summed E-state index contributed by atoms with van der Waals surface area (Å²) in [7, 11) is 0. The molecule has 0 spiro atoms. The molecule has 2 aromatic rings. The van der Waals surface area contributed by atoms with Crippen molar-refractivity contribution in [2.75, 3.05) is 44.4 Å². The van der Waals surface area contributed by atoms with Crippen molar-refractivity contribution in [1.82, 2.24) is 20.9 Å². The number of hydrogen-bond donors (Lipinski definition) is 3. The number of anilines is 1. The number of morpholine rings is 1. The van der Waals surface area contributed by atoms with Gasteiger partial charge in [-0.25, -0.2) is 4.39 Å². The maximum absolute atomic E-state index is 15.7. The molecule has 0 amide bonds. The van der Waals surface area contributed by atoms with Gasteiger partial charge in [-0.15, -0.1) is 0 Å². The quantitative estimate of drug-likeness (QED) is 0.520. The number of hydrogen-bond acceptors (Lipinski definition) is 6. The zero-order valence-electron chi connectivity index (χ0n) is 20.1. The Morgan fingerprint density at radius 2 is 1.67 bits per heavy atom. The third-order valence-corrected chi connectivity index (χ3v) is 7.37. The van der Waals surface area contributed by atoms with E-state index in [1.165, 1.54) is 12.1 Å². The minimum absolute atomic E-state index is 0.116. The largest absolute Gasteiger partial charge is 0.416 e. The minimum Gasteiger partial charge on any atom is -0.378 e. The Labute approximate surface area is 209 Å². The predicted octanol–water partition coefficient (Wildman–Crippen LogP) is 3.61. The van der Waals surface area contributed by atoms with Crippen molar-refractivity contribution in [1.29, 1.82) is 0 Å². The molecule has 3 heterocycles. The van der Waals surface area contributed by atoms with Crippen LogP contribution in [0, 0.1) is 0 Å². The molecule has 4 unspecified atom stereocenters. The van der Waals surface area contributed by atoms with Gasteiger partial charge in [-0.3, -0.25) is 20.9 Å². The highest BCUT2D eigenvalue weighted by atomic mass is 19.4. The first kappa shape index (κ1) is 25.4. The monoisotopic (exact) mass is 507 g/mol. The van der Waals surface area contributed by atoms with E-state index in [-0.39, 0.29) is 6.04 Å². The van der Waals surface area contributed by atoms with Crippen molar-refractivity contribution in [3.8, 4) is 0 Å². The Bertz CT molecular complexity index is 981. The second-order valence-corrected chi connectivity index (χ2v) is 9.61. The highest BCUT2D eigenvalue weighted by molar-refractivity contribution is 5.47. The molecule has 3 aliphatic rings. The fraction of sp³-hybridized carbons (Fsp3) is 0.538. The number of halogens is 4. The lowest BCUT2D eigenvalue weighted by atomic mass is 10.0. The van der Waals surface area contributed by atoms with E-state index >= 15 is 4.39 Å². The number of rotatable bonds is 6. The summed E-state index contributed by atoms with van der Waals surface area (Å²) in [6.07, 6.45) is -5.00. The average Bonchev–Trinajstić information content (AvgIpc) is 3.38. The van der Waals surface area contributed by atoms with Crippen molar-refractivity contribution in [2.45, 2.75) is 50.1 Å². The van der Waals surface area contributed by atoms with Gasteiger partial charge in [0.2, 0.25) is 0 Å². The normalized spacial score (nSPS) is 27.9. The SMILES string of the molecule is FC1C(NCc2ccc(N3CCOCC3)cc2)NCNC1N1CCCC1c1ccc(C(F)(F)F)cc1. The first-order valence-electron chi connectivity index (χ1n) is 12.6. The molecule has 6 nitrogen and oxygen atoms in total. The van der Waals surface area contributed by atoms with Crippen LogP contribution in [0.1, 0.15) is 35.6 Å². The molecule has 0 aliphatic carbocycles. The first-order valence-corrected chi connectivity index (χ1v) is 12.6. The van der Waals surface area contributed by atoms with Crippen LogP contribution in [0.5, 0.6) is 0 Å². The maximum Gasteiger partial charge on any atom is 0.416 e. The van der Waals surface area contributed by atoms with Crippen LogP contribution in [0.4, 0.5) is 23.2 Å². The lowest BCUT2D eigenvalue weighted by Gasteiger charge is -2.42. The molecule has 0 radical (unpaired) electrons. The summed E-state index contributed by atoms with van der Waals surface area (Å²) in [5.74, 6) is 0. The fourth-order valence-corrected chi connectivity index (χ4v) is 5.41. The van der Waals surface area contributed by atoms with Crippen LogP contribution in [0.15, 0.2) is 48.5 Å². The van der Waals surface area contributed by atoms with Gasteiger partial charge in [0, 0.05) is 44.6 Å². The van der Waals surface area contributed by atoms with E-state index in [4.69, 9.17) is 4.74 Å². The van der Waals surface area contributed by atoms with Crippen molar-refractivity contribution in [3.05, 3.63) is 65.2 Å². The molecule has 196 valence electrons. The van der Waals surface area contributed by atoms with Crippen molar-refractivity contribution in [3.63, 3.8) is 0 Å². The molecule has 3 N–H and O–H groups in total. The Morgan fingerprint density at radius 3 is 2.36 bits per heavy atom. The van der Waals surface area contributed by atoms with Crippen LogP contribution in [-0.4, -0.2) is 62.9 Å². The molecule has 3 aliphatic heterocycles. The van der Waals surface area contributed by atoms with Crippen LogP contribution >= 0.6 is 0 Å². The lowest BCUT2D eigenvalue weighted by molar-refractivity contribution is -0.137. The highest BCUT2D eigenvalue weighted by Gasteiger charge is 2.41. The van der Waals surface area contributed by atoms with Crippen LogP contribution in [0.3, 0.4) is 0 Å². The van der Waals surface area contributed by atoms with E-state index in [2.05, 4.69) is 50.0 Å². The van der Waals surface area contributed by atoms with E-state index in [0.717, 1.165) is 68.1 Å². The summed E-state index contributed by atoms with van der Waals surface area (Å²) in [6.45, 7) is 4.89. The van der Waals surface area contributed by atoms with Crippen LogP contribution < -0.4 is 20.9 Å². The van der Waals surface area contributed by atoms with Gasteiger partial charge >= 0.3 is 6.18 Å². The Hall–Kier alpha value is -2.24. The van der Waals surface area contributed by atoms with E-state index in [0.29, 0.717) is 19.8 Å². The average molecular weight is 508 g/mol. The third kappa shape index (κ3) is 5.68. The molecular weight excluding hydrogens is 474 g/mol. The summed E-state index contributed by atoms with van der Waals surface area (Å²) in [5.41, 5.74) is 2.35. The molecule has 0 bridgehead atoms. The lowest BCUT2D eigenvalue weighted by Crippen LogP contribution is -2.68. The number of nitrogens with one attached hydrogen (secondary N) is 3. The van der Waals surface area contributed by atoms with Gasteiger partial charge in [0.25, 0.3) is 0 Å². The number of nitrogens with zero attached hydrogens (tertiary/aromatic N) is 2. The van der Waals surface area contributed by atoms with E-state index in [1.54, 1.807) is 0 Å². The molecule has 4 atom stereocenters. The highest BCUT2D eigenvalue weighted by Crippen LogP contribution is 2.37. The molecule has 0 saturated carbocycles. The van der Waals surface area contributed by atoms with Gasteiger partial charge in [0.05, 0.1) is 31.1 Å². The van der Waals surface area contributed by atoms with E-state index < -0.39 is 30.2 Å². The molecule has 36 heavy (non-hydrogen) atoms. The zero-order valence-corrected chi connectivity index (χ0v) is 20.1. The second kappa shape index (κ2) is 11.0. The topological polar surface area (TPSA) is 51.8 Å². The predicted molar refractivity (Wildman–Crippen MR) is 130 cm³/mol. The van der Waals surface area contributed by atoms with Crippen molar-refractivity contribution in [2.24, 2.45) is 0 Å². The molecule has 5 rings (SSSR count). The third-order valence-electron chi connectivity index (χ3n) is 7.37. The van der Waals surface area contributed by atoms with Gasteiger partial charge < -0.3 is 9.64 Å². The van der Waals surface area contributed by atoms with Gasteiger partial charge in [-0.2, -0.15) is 13.2 Å².